The molecule has 1 aromatic heterocycles. The van der Waals surface area contributed by atoms with E-state index in [1.165, 1.54) is 0 Å². The van der Waals surface area contributed by atoms with Crippen LogP contribution in [0, 0.1) is 11.7 Å². The molecule has 5 rings (SSSR count). The van der Waals surface area contributed by atoms with Crippen LogP contribution in [0.4, 0.5) is 23.2 Å². The number of H-pyrrole nitrogens is 1. The van der Waals surface area contributed by atoms with Crippen molar-refractivity contribution in [3.05, 3.63) is 32.2 Å². The number of alkyl halides is 3. The number of aromatic amines is 1. The van der Waals surface area contributed by atoms with Gasteiger partial charge in [0.05, 0.1) is 29.8 Å². The van der Waals surface area contributed by atoms with Crippen LogP contribution in [0.2, 0.25) is 0 Å². The summed E-state index contributed by atoms with van der Waals surface area (Å²) >= 11 is 0. The summed E-state index contributed by atoms with van der Waals surface area (Å²) in [6.45, 7) is -0.723. The number of hydrogen-bond donors (Lipinski definition) is 3. The van der Waals surface area contributed by atoms with Gasteiger partial charge in [0.25, 0.3) is 12.0 Å². The number of methoxy groups -OCH3 is 1. The zero-order valence-corrected chi connectivity index (χ0v) is 19.1. The molecule has 3 atom stereocenters. The van der Waals surface area contributed by atoms with E-state index in [2.05, 4.69) is 0 Å². The van der Waals surface area contributed by atoms with Crippen LogP contribution in [0.25, 0.3) is 10.9 Å². The van der Waals surface area contributed by atoms with Gasteiger partial charge in [-0.25, -0.2) is 22.4 Å². The molecule has 1 aliphatic heterocycles. The highest BCUT2D eigenvalue weighted by molar-refractivity contribution is 5.94. The Morgan fingerprint density at radius 3 is 2.40 bits per heavy atom. The van der Waals surface area contributed by atoms with Gasteiger partial charge >= 0.3 is 5.69 Å². The number of nitrogens with zero attached hydrogens (tertiary/aromatic N) is 2. The van der Waals surface area contributed by atoms with Crippen LogP contribution < -0.4 is 20.9 Å². The Morgan fingerprint density at radius 2 is 1.83 bits per heavy atom. The molecule has 2 aromatic rings. The average molecular weight is 501 g/mol. The third-order valence-electron chi connectivity index (χ3n) is 7.65. The van der Waals surface area contributed by atoms with Crippen molar-refractivity contribution in [2.45, 2.75) is 68.9 Å². The Morgan fingerprint density at radius 1 is 1.17 bits per heavy atom. The standard InChI is InChI=1S/C23H27F4N3O5/c1-35-18-16-14(21(32)28-22(33)30(16)10-4-5-10)13(20(26)27)15(25)17(18)29-8-11(12(24)9-29)19(31)23(34)6-2-3-7-23/h10-12,19-20,31,34H,2-9H2,1H3,(H,28,32,33). The largest absolute Gasteiger partial charge is 0.492 e. The van der Waals surface area contributed by atoms with Gasteiger partial charge in [-0.3, -0.25) is 14.3 Å². The number of halogens is 4. The molecule has 0 bridgehead atoms. The number of nitrogens with one attached hydrogen (secondary N) is 1. The first kappa shape index (κ1) is 24.1. The molecular formula is C23H27F4N3O5. The Bertz CT molecular complexity index is 1270. The molecule has 1 saturated heterocycles. The van der Waals surface area contributed by atoms with Crippen molar-refractivity contribution in [2.75, 3.05) is 25.1 Å². The lowest BCUT2D eigenvalue weighted by molar-refractivity contribution is -0.102. The number of anilines is 1. The first-order valence-electron chi connectivity index (χ1n) is 11.7. The van der Waals surface area contributed by atoms with Crippen molar-refractivity contribution >= 4 is 16.6 Å². The first-order chi connectivity index (χ1) is 16.6. The number of aliphatic hydroxyl groups excluding tert-OH is 1. The van der Waals surface area contributed by atoms with Crippen LogP contribution in [-0.4, -0.2) is 57.8 Å². The van der Waals surface area contributed by atoms with Crippen molar-refractivity contribution in [3.63, 3.8) is 0 Å². The van der Waals surface area contributed by atoms with E-state index in [0.29, 0.717) is 38.5 Å². The fourth-order valence-corrected chi connectivity index (χ4v) is 5.78. The predicted molar refractivity (Wildman–Crippen MR) is 119 cm³/mol. The van der Waals surface area contributed by atoms with Gasteiger partial charge in [0.1, 0.15) is 17.4 Å². The number of fused-ring (bicyclic) bond motifs is 1. The summed E-state index contributed by atoms with van der Waals surface area (Å²) in [4.78, 5) is 28.3. The third-order valence-corrected chi connectivity index (χ3v) is 7.65. The maximum absolute atomic E-state index is 15.7. The number of benzene rings is 1. The van der Waals surface area contributed by atoms with Gasteiger partial charge in [-0.15, -0.1) is 0 Å². The summed E-state index contributed by atoms with van der Waals surface area (Å²) in [5.41, 5.74) is -5.41. The normalized spacial score (nSPS) is 25.1. The second-order valence-electron chi connectivity index (χ2n) is 9.83. The second-order valence-corrected chi connectivity index (χ2v) is 9.83. The molecule has 0 amide bonds. The molecule has 2 aliphatic carbocycles. The van der Waals surface area contributed by atoms with Gasteiger partial charge < -0.3 is 19.8 Å². The van der Waals surface area contributed by atoms with Crippen molar-refractivity contribution in [2.24, 2.45) is 5.92 Å². The average Bonchev–Trinajstić information content (AvgIpc) is 3.41. The molecule has 12 heteroatoms. The molecular weight excluding hydrogens is 474 g/mol. The van der Waals surface area contributed by atoms with E-state index in [1.54, 1.807) is 0 Å². The molecule has 3 aliphatic rings. The van der Waals surface area contributed by atoms with Gasteiger partial charge in [0.2, 0.25) is 0 Å². The Balaban J connectivity index is 1.70. The molecule has 2 saturated carbocycles. The Labute approximate surface area is 197 Å². The Hall–Kier alpha value is -2.60. The maximum Gasteiger partial charge on any atom is 0.329 e. The van der Waals surface area contributed by atoms with Crippen molar-refractivity contribution in [3.8, 4) is 5.75 Å². The van der Waals surface area contributed by atoms with Crippen molar-refractivity contribution in [1.82, 2.24) is 9.55 Å². The molecule has 1 aromatic carbocycles. The van der Waals surface area contributed by atoms with Crippen LogP contribution in [0.3, 0.4) is 0 Å². The number of aliphatic hydroxyl groups is 2. The second kappa shape index (κ2) is 8.51. The van der Waals surface area contributed by atoms with Crippen LogP contribution in [-0.2, 0) is 0 Å². The summed E-state index contributed by atoms with van der Waals surface area (Å²) < 4.78 is 65.7. The van der Waals surface area contributed by atoms with Gasteiger partial charge in [-0.1, -0.05) is 12.8 Å². The number of aromatic nitrogens is 2. The lowest BCUT2D eigenvalue weighted by Gasteiger charge is -2.33. The quantitative estimate of drug-likeness (QED) is 0.526. The van der Waals surface area contributed by atoms with Gasteiger partial charge in [0.15, 0.2) is 11.6 Å². The number of hydrogen-bond acceptors (Lipinski definition) is 6. The number of ether oxygens (including phenoxy) is 1. The molecule has 3 N–H and O–H groups in total. The van der Waals surface area contributed by atoms with Gasteiger partial charge in [-0.05, 0) is 25.7 Å². The smallest absolute Gasteiger partial charge is 0.329 e. The summed E-state index contributed by atoms with van der Waals surface area (Å²) in [5, 5.41) is 20.9. The molecule has 0 radical (unpaired) electrons. The van der Waals surface area contributed by atoms with E-state index in [1.807, 2.05) is 4.98 Å². The summed E-state index contributed by atoms with van der Waals surface area (Å²) in [5.74, 6) is -2.87. The zero-order valence-electron chi connectivity index (χ0n) is 19.1. The highest BCUT2D eigenvalue weighted by atomic mass is 19.3. The van der Waals surface area contributed by atoms with E-state index in [0.717, 1.165) is 16.6 Å². The SMILES string of the molecule is COc1c(N2CC(F)C(C(O)C3(O)CCCC3)C2)c(F)c(C(F)F)c2c(=O)[nH]c(=O)n(C3CC3)c12. The minimum Gasteiger partial charge on any atom is -0.492 e. The van der Waals surface area contributed by atoms with Crippen LogP contribution in [0.15, 0.2) is 9.59 Å². The van der Waals surface area contributed by atoms with E-state index in [4.69, 9.17) is 4.74 Å². The maximum atomic E-state index is 15.7. The predicted octanol–water partition coefficient (Wildman–Crippen LogP) is 2.55. The third kappa shape index (κ3) is 3.72. The van der Waals surface area contributed by atoms with Crippen LogP contribution >= 0.6 is 0 Å². The fourth-order valence-electron chi connectivity index (χ4n) is 5.78. The van der Waals surface area contributed by atoms with Crippen LogP contribution in [0.1, 0.15) is 56.6 Å². The zero-order chi connectivity index (χ0) is 25.2. The molecule has 35 heavy (non-hydrogen) atoms. The minimum absolute atomic E-state index is 0.260. The van der Waals surface area contributed by atoms with E-state index < -0.39 is 70.5 Å². The molecule has 0 spiro atoms. The monoisotopic (exact) mass is 501 g/mol. The minimum atomic E-state index is -3.40. The first-order valence-corrected chi connectivity index (χ1v) is 11.7. The van der Waals surface area contributed by atoms with Gasteiger partial charge in [-0.2, -0.15) is 0 Å². The summed E-state index contributed by atoms with van der Waals surface area (Å²) in [6.07, 6.45) is -3.44. The molecule has 3 fully saturated rings. The lowest BCUT2D eigenvalue weighted by atomic mass is 9.84. The highest BCUT2D eigenvalue weighted by Gasteiger charge is 2.49. The lowest BCUT2D eigenvalue weighted by Crippen LogP contribution is -2.47. The number of rotatable bonds is 6. The summed E-state index contributed by atoms with van der Waals surface area (Å²) in [7, 11) is 1.15. The molecule has 192 valence electrons. The van der Waals surface area contributed by atoms with E-state index >= 15 is 8.78 Å². The fraction of sp³-hybridized carbons (Fsp3) is 0.652. The van der Waals surface area contributed by atoms with Crippen molar-refractivity contribution < 1.29 is 32.5 Å². The molecule has 3 unspecified atom stereocenters. The van der Waals surface area contributed by atoms with Gasteiger partial charge in [0, 0.05) is 25.0 Å². The molecule has 8 nitrogen and oxygen atoms in total. The Kier molecular flexibility index (Phi) is 5.86. The highest BCUT2D eigenvalue weighted by Crippen LogP contribution is 2.48. The van der Waals surface area contributed by atoms with Crippen LogP contribution in [0.5, 0.6) is 5.75 Å². The molecule has 2 heterocycles. The van der Waals surface area contributed by atoms with Crippen molar-refractivity contribution in [1.29, 1.82) is 0 Å². The topological polar surface area (TPSA) is 108 Å². The van der Waals surface area contributed by atoms with E-state index in [-0.39, 0.29) is 23.9 Å². The summed E-state index contributed by atoms with van der Waals surface area (Å²) in [6, 6.07) is -0.377. The van der Waals surface area contributed by atoms with E-state index in [9.17, 15) is 28.6 Å².